The zero-order valence-electron chi connectivity index (χ0n) is 16.8. The van der Waals surface area contributed by atoms with Crippen LogP contribution in [0.15, 0.2) is 84.1 Å². The zero-order valence-corrected chi connectivity index (χ0v) is 18.3. The maximum Gasteiger partial charge on any atom is 0.271 e. The highest BCUT2D eigenvalue weighted by Crippen LogP contribution is 2.20. The number of amides is 2. The molecule has 0 aliphatic heterocycles. The van der Waals surface area contributed by atoms with E-state index in [1.54, 1.807) is 54.7 Å². The molecule has 160 valence electrons. The van der Waals surface area contributed by atoms with Gasteiger partial charge in [-0.25, -0.2) is 5.43 Å². The molecule has 4 rings (SSSR count). The van der Waals surface area contributed by atoms with Gasteiger partial charge in [-0.15, -0.1) is 0 Å². The molecule has 0 radical (unpaired) electrons. The third-order valence-corrected chi connectivity index (χ3v) is 5.24. The van der Waals surface area contributed by atoms with Gasteiger partial charge in [0, 0.05) is 44.0 Å². The lowest BCUT2D eigenvalue weighted by Gasteiger charge is -2.07. The number of nitrogens with one attached hydrogen (secondary N) is 2. The van der Waals surface area contributed by atoms with E-state index in [2.05, 4.69) is 15.8 Å². The average Bonchev–Trinajstić information content (AvgIpc) is 3.13. The number of anilines is 1. The molecule has 4 aromatic rings. The number of rotatable bonds is 6. The number of nitrogens with zero attached hydrogens (tertiary/aromatic N) is 2. The Morgan fingerprint density at radius 2 is 1.56 bits per heavy atom. The van der Waals surface area contributed by atoms with Crippen LogP contribution in [-0.2, 0) is 11.3 Å². The highest BCUT2D eigenvalue weighted by molar-refractivity contribution is 6.31. The lowest BCUT2D eigenvalue weighted by molar-refractivity contribution is -0.116. The second-order valence-corrected chi connectivity index (χ2v) is 7.86. The third kappa shape index (κ3) is 5.17. The monoisotopic (exact) mass is 464 g/mol. The van der Waals surface area contributed by atoms with Gasteiger partial charge in [0.15, 0.2) is 0 Å². The number of hydrogen-bond acceptors (Lipinski definition) is 3. The van der Waals surface area contributed by atoms with E-state index in [9.17, 15) is 9.59 Å². The van der Waals surface area contributed by atoms with Gasteiger partial charge in [0.25, 0.3) is 5.91 Å². The van der Waals surface area contributed by atoms with Gasteiger partial charge in [-0.05, 0) is 54.6 Å². The third-order valence-electron chi connectivity index (χ3n) is 4.74. The van der Waals surface area contributed by atoms with Crippen LogP contribution in [0.5, 0.6) is 0 Å². The number of benzene rings is 3. The minimum atomic E-state index is -0.344. The molecule has 0 fully saturated rings. The fourth-order valence-electron chi connectivity index (χ4n) is 3.22. The van der Waals surface area contributed by atoms with Crippen molar-refractivity contribution < 1.29 is 9.59 Å². The summed E-state index contributed by atoms with van der Waals surface area (Å²) in [5.74, 6) is -0.517. The first-order valence-corrected chi connectivity index (χ1v) is 10.5. The van der Waals surface area contributed by atoms with E-state index < -0.39 is 0 Å². The minimum Gasteiger partial charge on any atom is -0.337 e. The first-order chi connectivity index (χ1) is 15.5. The molecule has 0 unspecified atom stereocenters. The van der Waals surface area contributed by atoms with Gasteiger partial charge < -0.3 is 9.88 Å². The molecule has 2 amide bonds. The van der Waals surface area contributed by atoms with Gasteiger partial charge in [0.1, 0.15) is 6.54 Å². The van der Waals surface area contributed by atoms with Gasteiger partial charge in [-0.1, -0.05) is 41.4 Å². The molecular formula is C24H18Cl2N4O2. The number of carbonyl (C=O) groups excluding carboxylic acids is 2. The second kappa shape index (κ2) is 9.68. The smallest absolute Gasteiger partial charge is 0.271 e. The summed E-state index contributed by atoms with van der Waals surface area (Å²) in [5, 5.41) is 9.00. The molecule has 0 aliphatic carbocycles. The number of halogens is 2. The van der Waals surface area contributed by atoms with Gasteiger partial charge in [-0.2, -0.15) is 5.10 Å². The molecule has 0 spiro atoms. The average molecular weight is 465 g/mol. The van der Waals surface area contributed by atoms with E-state index in [4.69, 9.17) is 23.2 Å². The molecule has 1 aromatic heterocycles. The number of fused-ring (bicyclic) bond motifs is 1. The van der Waals surface area contributed by atoms with Crippen molar-refractivity contribution in [2.75, 3.05) is 5.32 Å². The van der Waals surface area contributed by atoms with Crippen molar-refractivity contribution in [3.05, 3.63) is 100 Å². The minimum absolute atomic E-state index is 0.119. The highest BCUT2D eigenvalue weighted by atomic mass is 35.5. The van der Waals surface area contributed by atoms with Crippen molar-refractivity contribution >= 4 is 57.8 Å². The van der Waals surface area contributed by atoms with Crippen LogP contribution in [0.2, 0.25) is 10.0 Å². The first-order valence-electron chi connectivity index (χ1n) is 9.72. The van der Waals surface area contributed by atoms with Crippen molar-refractivity contribution in [2.45, 2.75) is 6.54 Å². The maximum absolute atomic E-state index is 12.5. The largest absolute Gasteiger partial charge is 0.337 e. The molecular weight excluding hydrogens is 447 g/mol. The SMILES string of the molecule is O=C(Cn1cc(/C=N\NC(=O)c2ccc(Cl)cc2)c2ccccc21)Nc1ccc(Cl)cc1. The van der Waals surface area contributed by atoms with Crippen molar-refractivity contribution in [1.82, 2.24) is 9.99 Å². The fraction of sp³-hybridized carbons (Fsp3) is 0.0417. The zero-order chi connectivity index (χ0) is 22.5. The maximum atomic E-state index is 12.5. The number of para-hydroxylation sites is 1. The van der Waals surface area contributed by atoms with Crippen LogP contribution in [0.1, 0.15) is 15.9 Å². The molecule has 32 heavy (non-hydrogen) atoms. The van der Waals surface area contributed by atoms with E-state index in [1.165, 1.54) is 0 Å². The van der Waals surface area contributed by atoms with Gasteiger partial charge in [0.2, 0.25) is 5.91 Å². The summed E-state index contributed by atoms with van der Waals surface area (Å²) in [6, 6.07) is 21.1. The molecule has 2 N–H and O–H groups in total. The lowest BCUT2D eigenvalue weighted by atomic mass is 10.2. The van der Waals surface area contributed by atoms with E-state index in [-0.39, 0.29) is 18.4 Å². The van der Waals surface area contributed by atoms with Crippen molar-refractivity contribution in [1.29, 1.82) is 0 Å². The summed E-state index contributed by atoms with van der Waals surface area (Å²) in [6.45, 7) is 0.119. The Balaban J connectivity index is 1.48. The molecule has 3 aromatic carbocycles. The highest BCUT2D eigenvalue weighted by Gasteiger charge is 2.11. The van der Waals surface area contributed by atoms with Gasteiger partial charge in [-0.3, -0.25) is 9.59 Å². The van der Waals surface area contributed by atoms with Gasteiger partial charge in [0.05, 0.1) is 6.21 Å². The molecule has 0 bridgehead atoms. The second-order valence-electron chi connectivity index (χ2n) is 6.99. The normalized spacial score (nSPS) is 11.1. The van der Waals surface area contributed by atoms with Crippen LogP contribution >= 0.6 is 23.2 Å². The predicted molar refractivity (Wildman–Crippen MR) is 129 cm³/mol. The molecule has 0 aliphatic rings. The standard InChI is InChI=1S/C24H18Cl2N4O2/c25-18-7-5-16(6-8-18)24(32)29-27-13-17-14-30(22-4-2-1-3-21(17)22)15-23(31)28-20-11-9-19(26)10-12-20/h1-14H,15H2,(H,28,31)(H,29,32)/b27-13-. The Bertz CT molecular complexity index is 1300. The predicted octanol–water partition coefficient (Wildman–Crippen LogP) is 5.35. The summed E-state index contributed by atoms with van der Waals surface area (Å²) in [6.07, 6.45) is 3.38. The van der Waals surface area contributed by atoms with E-state index in [0.717, 1.165) is 16.5 Å². The first kappa shape index (κ1) is 21.6. The summed E-state index contributed by atoms with van der Waals surface area (Å²) in [7, 11) is 0. The van der Waals surface area contributed by atoms with Gasteiger partial charge >= 0.3 is 0 Å². The molecule has 0 saturated heterocycles. The van der Waals surface area contributed by atoms with E-state index in [1.807, 2.05) is 35.0 Å². The van der Waals surface area contributed by atoms with Crippen LogP contribution < -0.4 is 10.7 Å². The summed E-state index contributed by atoms with van der Waals surface area (Å²) >= 11 is 11.7. The van der Waals surface area contributed by atoms with Crippen LogP contribution in [0.4, 0.5) is 5.69 Å². The quantitative estimate of drug-likeness (QED) is 0.298. The van der Waals surface area contributed by atoms with Crippen molar-refractivity contribution in [3.63, 3.8) is 0 Å². The fourth-order valence-corrected chi connectivity index (χ4v) is 3.48. The number of aromatic nitrogens is 1. The van der Waals surface area contributed by atoms with Crippen LogP contribution in [-0.4, -0.2) is 22.6 Å². The summed E-state index contributed by atoms with van der Waals surface area (Å²) in [4.78, 5) is 24.8. The summed E-state index contributed by atoms with van der Waals surface area (Å²) < 4.78 is 1.84. The molecule has 6 nitrogen and oxygen atoms in total. The van der Waals surface area contributed by atoms with Crippen molar-refractivity contribution in [2.24, 2.45) is 5.10 Å². The van der Waals surface area contributed by atoms with Crippen LogP contribution in [0, 0.1) is 0 Å². The Morgan fingerprint density at radius 1 is 0.906 bits per heavy atom. The number of hydrogen-bond donors (Lipinski definition) is 2. The summed E-state index contributed by atoms with van der Waals surface area (Å²) in [5.41, 5.74) is 5.28. The molecule has 8 heteroatoms. The molecule has 1 heterocycles. The van der Waals surface area contributed by atoms with Crippen LogP contribution in [0.25, 0.3) is 10.9 Å². The van der Waals surface area contributed by atoms with Crippen molar-refractivity contribution in [3.8, 4) is 0 Å². The van der Waals surface area contributed by atoms with E-state index in [0.29, 0.717) is 21.3 Å². The number of carbonyl (C=O) groups is 2. The Labute approximate surface area is 194 Å². The molecule has 0 saturated carbocycles. The topological polar surface area (TPSA) is 75.5 Å². The molecule has 0 atom stereocenters. The Kier molecular flexibility index (Phi) is 6.54. The van der Waals surface area contributed by atoms with Crippen LogP contribution in [0.3, 0.4) is 0 Å². The number of hydrazone groups is 1. The lowest BCUT2D eigenvalue weighted by Crippen LogP contribution is -2.18. The Hall–Kier alpha value is -3.61. The Morgan fingerprint density at radius 3 is 2.28 bits per heavy atom. The van der Waals surface area contributed by atoms with E-state index >= 15 is 0 Å².